The van der Waals surface area contributed by atoms with Crippen LogP contribution in [0, 0.1) is 0 Å². The third kappa shape index (κ3) is 9.15. The Kier molecular flexibility index (Phi) is 10.3. The van der Waals surface area contributed by atoms with Crippen molar-refractivity contribution in [1.82, 2.24) is 10.9 Å². The van der Waals surface area contributed by atoms with Crippen LogP contribution >= 0.6 is 0 Å². The third-order valence-electron chi connectivity index (χ3n) is 5.94. The van der Waals surface area contributed by atoms with Crippen LogP contribution in [0.15, 0.2) is 93.2 Å². The van der Waals surface area contributed by atoms with Crippen molar-refractivity contribution < 1.29 is 0 Å². The molecule has 37 heavy (non-hydrogen) atoms. The molecule has 2 N–H and O–H groups in total. The molecule has 0 saturated heterocycles. The highest BCUT2D eigenvalue weighted by molar-refractivity contribution is 5.86. The fourth-order valence-electron chi connectivity index (χ4n) is 3.46. The Bertz CT molecular complexity index is 1150. The summed E-state index contributed by atoms with van der Waals surface area (Å²) in [6.07, 6.45) is 5.18. The first kappa shape index (κ1) is 27.5. The van der Waals surface area contributed by atoms with Crippen LogP contribution in [-0.4, -0.2) is 24.6 Å². The van der Waals surface area contributed by atoms with Crippen molar-refractivity contribution in [3.63, 3.8) is 0 Å². The molecule has 0 radical (unpaired) electrons. The number of nitrogens with zero attached hydrogens (tertiary/aromatic N) is 4. The lowest BCUT2D eigenvalue weighted by atomic mass is 10.0. The summed E-state index contributed by atoms with van der Waals surface area (Å²) >= 11 is 0. The van der Waals surface area contributed by atoms with Crippen LogP contribution in [0.1, 0.15) is 92.7 Å². The second kappa shape index (κ2) is 13.9. The van der Waals surface area contributed by atoms with Gasteiger partial charge in [0.25, 0.3) is 5.96 Å². The average Bonchev–Trinajstić information content (AvgIpc) is 2.89. The van der Waals surface area contributed by atoms with Gasteiger partial charge in [-0.15, -0.1) is 5.10 Å². The summed E-state index contributed by atoms with van der Waals surface area (Å²) in [6, 6.07) is 24.9. The summed E-state index contributed by atoms with van der Waals surface area (Å²) < 4.78 is 0. The fourth-order valence-corrected chi connectivity index (χ4v) is 3.46. The van der Waals surface area contributed by atoms with Gasteiger partial charge in [0.15, 0.2) is 0 Å². The van der Waals surface area contributed by atoms with Crippen molar-refractivity contribution >= 4 is 24.6 Å². The van der Waals surface area contributed by atoms with E-state index in [1.807, 2.05) is 36.4 Å². The van der Waals surface area contributed by atoms with Crippen molar-refractivity contribution in [2.45, 2.75) is 59.3 Å². The molecule has 3 aromatic carbocycles. The molecule has 6 heteroatoms. The van der Waals surface area contributed by atoms with E-state index in [1.54, 1.807) is 18.6 Å². The molecule has 0 atom stereocenters. The maximum Gasteiger partial charge on any atom is 0.257 e. The molecule has 0 unspecified atom stereocenters. The molecule has 3 aromatic rings. The molecular weight excluding hydrogens is 456 g/mol. The number of hydrazone groups is 2. The second-order valence-electron chi connectivity index (χ2n) is 9.90. The van der Waals surface area contributed by atoms with Crippen LogP contribution in [0.4, 0.5) is 0 Å². The average molecular weight is 495 g/mol. The monoisotopic (exact) mass is 494 g/mol. The zero-order valence-corrected chi connectivity index (χ0v) is 22.7. The second-order valence-corrected chi connectivity index (χ2v) is 9.90. The first-order valence-electron chi connectivity index (χ1n) is 12.8. The highest BCUT2D eigenvalue weighted by Gasteiger charge is 2.00. The summed E-state index contributed by atoms with van der Waals surface area (Å²) in [5.74, 6) is 1.78. The zero-order chi connectivity index (χ0) is 26.6. The fraction of sp³-hybridized carbons (Fsp3) is 0.290. The van der Waals surface area contributed by atoms with Gasteiger partial charge >= 0.3 is 0 Å². The normalized spacial score (nSPS) is 11.9. The largest absolute Gasteiger partial charge is 0.257 e. The SMILES string of the molecule is CC(C)c1ccc(C=NN=C(NN=Cc2ccc(C(C)C)cc2)NN=Cc2ccc(C(C)C)cc2)cc1. The maximum absolute atomic E-state index is 4.31. The van der Waals surface area contributed by atoms with E-state index >= 15 is 0 Å². The highest BCUT2D eigenvalue weighted by atomic mass is 15.5. The first-order chi connectivity index (χ1) is 17.8. The molecule has 0 aliphatic carbocycles. The van der Waals surface area contributed by atoms with Crippen molar-refractivity contribution in [2.24, 2.45) is 20.4 Å². The van der Waals surface area contributed by atoms with E-state index < -0.39 is 0 Å². The lowest BCUT2D eigenvalue weighted by Gasteiger charge is -2.06. The van der Waals surface area contributed by atoms with Crippen LogP contribution < -0.4 is 10.9 Å². The van der Waals surface area contributed by atoms with E-state index in [4.69, 9.17) is 0 Å². The summed E-state index contributed by atoms with van der Waals surface area (Å²) in [7, 11) is 0. The van der Waals surface area contributed by atoms with E-state index in [-0.39, 0.29) is 0 Å². The number of hydrogen-bond acceptors (Lipinski definition) is 4. The summed E-state index contributed by atoms with van der Waals surface area (Å²) in [5.41, 5.74) is 12.6. The molecule has 0 spiro atoms. The molecule has 6 nitrogen and oxygen atoms in total. The van der Waals surface area contributed by atoms with Gasteiger partial charge in [-0.2, -0.15) is 15.3 Å². The minimum absolute atomic E-state index is 0.306. The van der Waals surface area contributed by atoms with Crippen molar-refractivity contribution in [1.29, 1.82) is 0 Å². The van der Waals surface area contributed by atoms with Gasteiger partial charge in [0.05, 0.1) is 18.6 Å². The van der Waals surface area contributed by atoms with Gasteiger partial charge in [-0.05, 0) is 51.1 Å². The Morgan fingerprint density at radius 3 is 1.16 bits per heavy atom. The van der Waals surface area contributed by atoms with Crippen LogP contribution in [0.3, 0.4) is 0 Å². The van der Waals surface area contributed by atoms with Crippen LogP contribution in [0.2, 0.25) is 0 Å². The maximum atomic E-state index is 4.31. The Balaban J connectivity index is 1.70. The number of guanidine groups is 1. The van der Waals surface area contributed by atoms with Crippen molar-refractivity contribution in [3.05, 3.63) is 106 Å². The van der Waals surface area contributed by atoms with Crippen molar-refractivity contribution in [2.75, 3.05) is 0 Å². The molecule has 0 heterocycles. The molecule has 0 saturated carbocycles. The minimum Gasteiger partial charge on any atom is -0.244 e. The Hall–Kier alpha value is -4.06. The van der Waals surface area contributed by atoms with Gasteiger partial charge in [-0.1, -0.05) is 114 Å². The van der Waals surface area contributed by atoms with Crippen LogP contribution in [-0.2, 0) is 0 Å². The van der Waals surface area contributed by atoms with E-state index in [1.165, 1.54) is 16.7 Å². The van der Waals surface area contributed by atoms with E-state index in [2.05, 4.69) is 109 Å². The molecule has 192 valence electrons. The zero-order valence-electron chi connectivity index (χ0n) is 22.7. The Morgan fingerprint density at radius 1 is 0.514 bits per heavy atom. The molecule has 3 rings (SSSR count). The highest BCUT2D eigenvalue weighted by Crippen LogP contribution is 2.15. The van der Waals surface area contributed by atoms with Gasteiger partial charge in [0.1, 0.15) is 0 Å². The van der Waals surface area contributed by atoms with Crippen LogP contribution in [0.5, 0.6) is 0 Å². The Morgan fingerprint density at radius 2 is 0.838 bits per heavy atom. The predicted octanol–water partition coefficient (Wildman–Crippen LogP) is 6.99. The minimum atomic E-state index is 0.306. The topological polar surface area (TPSA) is 73.5 Å². The standard InChI is InChI=1S/C31H38N6/c1-22(2)28-13-7-25(8-14-28)19-32-35-31(36-33-20-26-9-15-29(16-10-26)23(3)4)37-34-21-27-11-17-30(18-12-27)24(5)6/h7-24H,1-6H3,(H2,35,36,37). The van der Waals surface area contributed by atoms with E-state index in [0.29, 0.717) is 23.7 Å². The summed E-state index contributed by atoms with van der Waals surface area (Å²) in [4.78, 5) is 0. The molecule has 0 amide bonds. The number of benzene rings is 3. The summed E-state index contributed by atoms with van der Waals surface area (Å²) in [5, 5.41) is 17.1. The molecule has 0 aliphatic heterocycles. The van der Waals surface area contributed by atoms with Gasteiger partial charge < -0.3 is 0 Å². The number of nitrogens with one attached hydrogen (secondary N) is 2. The van der Waals surface area contributed by atoms with Gasteiger partial charge in [-0.3, -0.25) is 0 Å². The third-order valence-corrected chi connectivity index (χ3v) is 5.94. The lowest BCUT2D eigenvalue weighted by Crippen LogP contribution is -2.30. The quantitative estimate of drug-likeness (QED) is 0.191. The number of hydrogen-bond donors (Lipinski definition) is 2. The van der Waals surface area contributed by atoms with Gasteiger partial charge in [0, 0.05) is 0 Å². The first-order valence-corrected chi connectivity index (χ1v) is 12.8. The van der Waals surface area contributed by atoms with Crippen molar-refractivity contribution in [3.8, 4) is 0 Å². The van der Waals surface area contributed by atoms with Gasteiger partial charge in [-0.25, -0.2) is 10.9 Å². The van der Waals surface area contributed by atoms with E-state index in [0.717, 1.165) is 16.7 Å². The molecule has 0 aliphatic rings. The Labute approximate surface area is 221 Å². The molecule has 0 bridgehead atoms. The van der Waals surface area contributed by atoms with E-state index in [9.17, 15) is 0 Å². The summed E-state index contributed by atoms with van der Waals surface area (Å²) in [6.45, 7) is 13.1. The molecule has 0 fully saturated rings. The number of rotatable bonds is 9. The smallest absolute Gasteiger partial charge is 0.244 e. The predicted molar refractivity (Wildman–Crippen MR) is 158 cm³/mol. The molecular formula is C31H38N6. The van der Waals surface area contributed by atoms with Gasteiger partial charge in [0.2, 0.25) is 0 Å². The molecule has 0 aromatic heterocycles. The lowest BCUT2D eigenvalue weighted by molar-refractivity contribution is 0.866. The van der Waals surface area contributed by atoms with Crippen LogP contribution in [0.25, 0.3) is 0 Å².